The molecule has 0 radical (unpaired) electrons. The molecule has 0 saturated heterocycles. The van der Waals surface area contributed by atoms with Crippen molar-refractivity contribution in [2.45, 2.75) is 6.42 Å². The van der Waals surface area contributed by atoms with Crippen LogP contribution in [0.5, 0.6) is 0 Å². The minimum atomic E-state index is 1.01. The molecule has 0 atom stereocenters. The van der Waals surface area contributed by atoms with Crippen LogP contribution < -0.4 is 0 Å². The van der Waals surface area contributed by atoms with Gasteiger partial charge in [0.1, 0.15) is 0 Å². The maximum absolute atomic E-state index is 4.63. The first-order chi connectivity index (χ1) is 8.43. The third-order valence-electron chi connectivity index (χ3n) is 3.54. The fraction of sp³-hybridized carbons (Fsp3) is 0.0625. The molecule has 2 aromatic carbocycles. The predicted octanol–water partition coefficient (Wildman–Crippen LogP) is 3.81. The first kappa shape index (κ1) is 8.94. The van der Waals surface area contributed by atoms with Crippen molar-refractivity contribution >= 4 is 10.8 Å². The van der Waals surface area contributed by atoms with E-state index in [-0.39, 0.29) is 0 Å². The van der Waals surface area contributed by atoms with Gasteiger partial charge in [-0.1, -0.05) is 48.5 Å². The number of pyridine rings is 1. The van der Waals surface area contributed by atoms with E-state index in [1.54, 1.807) is 0 Å². The van der Waals surface area contributed by atoms with Crippen molar-refractivity contribution < 1.29 is 0 Å². The van der Waals surface area contributed by atoms with Gasteiger partial charge in [0.05, 0.1) is 5.69 Å². The van der Waals surface area contributed by atoms with Crippen molar-refractivity contribution in [3.8, 4) is 11.3 Å². The van der Waals surface area contributed by atoms with E-state index in [9.17, 15) is 0 Å². The molecule has 1 heteroatoms. The molecule has 1 nitrogen and oxygen atoms in total. The van der Waals surface area contributed by atoms with Crippen LogP contribution >= 0.6 is 0 Å². The van der Waals surface area contributed by atoms with Crippen LogP contribution in [-0.2, 0) is 6.42 Å². The number of nitrogens with zero attached hydrogens (tertiary/aromatic N) is 1. The normalized spacial score (nSPS) is 12.5. The van der Waals surface area contributed by atoms with Crippen LogP contribution in [-0.4, -0.2) is 4.98 Å². The van der Waals surface area contributed by atoms with Gasteiger partial charge in [0.15, 0.2) is 0 Å². The summed E-state index contributed by atoms with van der Waals surface area (Å²) in [5.74, 6) is 0. The summed E-state index contributed by atoms with van der Waals surface area (Å²) in [6, 6.07) is 17.1. The third-order valence-corrected chi connectivity index (χ3v) is 3.54. The first-order valence-corrected chi connectivity index (χ1v) is 5.88. The van der Waals surface area contributed by atoms with Crippen LogP contribution in [0.2, 0.25) is 0 Å². The Kier molecular flexibility index (Phi) is 1.67. The highest BCUT2D eigenvalue weighted by Crippen LogP contribution is 2.38. The minimum Gasteiger partial charge on any atom is -0.255 e. The summed E-state index contributed by atoms with van der Waals surface area (Å²) in [6.07, 6.45) is 3.00. The van der Waals surface area contributed by atoms with Gasteiger partial charge in [0.25, 0.3) is 0 Å². The summed E-state index contributed by atoms with van der Waals surface area (Å²) in [6.45, 7) is 0. The molecule has 3 aromatic rings. The van der Waals surface area contributed by atoms with Crippen molar-refractivity contribution in [1.82, 2.24) is 4.98 Å². The second kappa shape index (κ2) is 3.17. The molecule has 0 fully saturated rings. The SMILES string of the molecule is c1ccc2c(c1)Cc1c-2ncc2ccccc12. The summed E-state index contributed by atoms with van der Waals surface area (Å²) < 4.78 is 0. The fourth-order valence-electron chi connectivity index (χ4n) is 2.73. The van der Waals surface area contributed by atoms with Gasteiger partial charge in [-0.05, 0) is 16.5 Å². The zero-order chi connectivity index (χ0) is 11.2. The number of hydrogen-bond donors (Lipinski definition) is 0. The first-order valence-electron chi connectivity index (χ1n) is 5.88. The maximum Gasteiger partial charge on any atom is 0.0746 e. The molecule has 0 unspecified atom stereocenters. The van der Waals surface area contributed by atoms with Crippen molar-refractivity contribution in [2.24, 2.45) is 0 Å². The Morgan fingerprint density at radius 1 is 0.882 bits per heavy atom. The predicted molar refractivity (Wildman–Crippen MR) is 70.0 cm³/mol. The second-order valence-corrected chi connectivity index (χ2v) is 4.51. The van der Waals surface area contributed by atoms with E-state index in [4.69, 9.17) is 0 Å². The third kappa shape index (κ3) is 1.17. The zero-order valence-electron chi connectivity index (χ0n) is 9.35. The Labute approximate surface area is 99.7 Å². The Bertz CT molecular complexity index is 728. The van der Waals surface area contributed by atoms with E-state index in [0.717, 1.165) is 6.42 Å². The van der Waals surface area contributed by atoms with Crippen molar-refractivity contribution in [3.05, 3.63) is 65.9 Å². The Hall–Kier alpha value is -2.15. The lowest BCUT2D eigenvalue weighted by atomic mass is 10.0. The second-order valence-electron chi connectivity index (χ2n) is 4.51. The molecule has 0 amide bonds. The standard InChI is InChI=1S/C16H11N/c1-4-8-14-11(5-1)9-15-13-7-3-2-6-12(13)10-17-16(14)15/h1-8,10H,9H2. The van der Waals surface area contributed by atoms with Crippen molar-refractivity contribution in [1.29, 1.82) is 0 Å². The molecular formula is C16H11N. The average Bonchev–Trinajstić information content (AvgIpc) is 2.78. The van der Waals surface area contributed by atoms with Gasteiger partial charge in [-0.2, -0.15) is 0 Å². The molecule has 80 valence electrons. The number of hydrogen-bond acceptors (Lipinski definition) is 1. The lowest BCUT2D eigenvalue weighted by Gasteiger charge is -2.03. The van der Waals surface area contributed by atoms with Gasteiger partial charge in [-0.25, -0.2) is 0 Å². The average molecular weight is 217 g/mol. The van der Waals surface area contributed by atoms with E-state index in [1.807, 2.05) is 6.20 Å². The van der Waals surface area contributed by atoms with Gasteiger partial charge in [0.2, 0.25) is 0 Å². The van der Waals surface area contributed by atoms with E-state index in [2.05, 4.69) is 53.5 Å². The highest BCUT2D eigenvalue weighted by atomic mass is 14.7. The molecule has 0 N–H and O–H groups in total. The largest absolute Gasteiger partial charge is 0.255 e. The molecular weight excluding hydrogens is 206 g/mol. The van der Waals surface area contributed by atoms with E-state index >= 15 is 0 Å². The lowest BCUT2D eigenvalue weighted by Crippen LogP contribution is -1.86. The Morgan fingerprint density at radius 3 is 2.71 bits per heavy atom. The molecule has 0 aliphatic heterocycles. The molecule has 0 bridgehead atoms. The fourth-order valence-corrected chi connectivity index (χ4v) is 2.73. The van der Waals surface area contributed by atoms with Gasteiger partial charge in [0, 0.05) is 23.6 Å². The summed E-state index contributed by atoms with van der Waals surface area (Å²) in [5.41, 5.74) is 5.24. The quantitative estimate of drug-likeness (QED) is 0.436. The minimum absolute atomic E-state index is 1.01. The van der Waals surface area contributed by atoms with Gasteiger partial charge < -0.3 is 0 Å². The molecule has 1 aromatic heterocycles. The van der Waals surface area contributed by atoms with Crippen LogP contribution in [0.4, 0.5) is 0 Å². The van der Waals surface area contributed by atoms with E-state index in [0.29, 0.717) is 0 Å². The van der Waals surface area contributed by atoms with E-state index < -0.39 is 0 Å². The Morgan fingerprint density at radius 2 is 1.71 bits per heavy atom. The van der Waals surface area contributed by atoms with Crippen LogP contribution in [0.25, 0.3) is 22.0 Å². The Balaban J connectivity index is 2.11. The van der Waals surface area contributed by atoms with Gasteiger partial charge in [-0.15, -0.1) is 0 Å². The monoisotopic (exact) mass is 217 g/mol. The topological polar surface area (TPSA) is 12.9 Å². The maximum atomic E-state index is 4.63. The molecule has 1 aliphatic rings. The molecule has 1 heterocycles. The summed E-state index contributed by atoms with van der Waals surface area (Å²) in [4.78, 5) is 4.63. The molecule has 17 heavy (non-hydrogen) atoms. The number of fused-ring (bicyclic) bond motifs is 5. The van der Waals surface area contributed by atoms with Crippen molar-refractivity contribution in [2.75, 3.05) is 0 Å². The zero-order valence-corrected chi connectivity index (χ0v) is 9.35. The molecule has 0 spiro atoms. The number of benzene rings is 2. The van der Waals surface area contributed by atoms with Crippen LogP contribution in [0.15, 0.2) is 54.7 Å². The van der Waals surface area contributed by atoms with E-state index in [1.165, 1.54) is 33.2 Å². The van der Waals surface area contributed by atoms with Crippen LogP contribution in [0.3, 0.4) is 0 Å². The smallest absolute Gasteiger partial charge is 0.0746 e. The highest BCUT2D eigenvalue weighted by Gasteiger charge is 2.20. The van der Waals surface area contributed by atoms with Gasteiger partial charge >= 0.3 is 0 Å². The molecule has 0 saturated carbocycles. The van der Waals surface area contributed by atoms with Gasteiger partial charge in [-0.3, -0.25) is 4.98 Å². The number of rotatable bonds is 0. The van der Waals surface area contributed by atoms with Crippen molar-refractivity contribution in [3.63, 3.8) is 0 Å². The summed E-state index contributed by atoms with van der Waals surface area (Å²) >= 11 is 0. The van der Waals surface area contributed by atoms with Crippen LogP contribution in [0.1, 0.15) is 11.1 Å². The summed E-state index contributed by atoms with van der Waals surface area (Å²) in [5, 5.41) is 2.58. The number of aromatic nitrogens is 1. The summed E-state index contributed by atoms with van der Waals surface area (Å²) in [7, 11) is 0. The molecule has 4 rings (SSSR count). The highest BCUT2D eigenvalue weighted by molar-refractivity contribution is 5.92. The lowest BCUT2D eigenvalue weighted by molar-refractivity contribution is 1.26. The van der Waals surface area contributed by atoms with Crippen LogP contribution in [0, 0.1) is 0 Å². The molecule has 1 aliphatic carbocycles.